The fourth-order valence-electron chi connectivity index (χ4n) is 2.45. The van der Waals surface area contributed by atoms with Gasteiger partial charge in [0.15, 0.2) is 13.3 Å². The van der Waals surface area contributed by atoms with Crippen molar-refractivity contribution in [2.45, 2.75) is 20.8 Å². The van der Waals surface area contributed by atoms with Crippen LogP contribution in [0.15, 0.2) is 53.0 Å². The van der Waals surface area contributed by atoms with Crippen molar-refractivity contribution in [2.75, 3.05) is 27.4 Å². The minimum atomic E-state index is 0. The molecule has 8 nitrogen and oxygen atoms in total. The first-order valence-electron chi connectivity index (χ1n) is 7.81. The van der Waals surface area contributed by atoms with E-state index in [-0.39, 0.29) is 46.0 Å². The van der Waals surface area contributed by atoms with E-state index in [1.165, 1.54) is 0 Å². The summed E-state index contributed by atoms with van der Waals surface area (Å²) in [7, 11) is 3.21. The van der Waals surface area contributed by atoms with Gasteiger partial charge < -0.3 is 0 Å². The molecular formula is C17H21N8Y-. The molecule has 1 radical (unpaired) electrons. The summed E-state index contributed by atoms with van der Waals surface area (Å²) in [6, 6.07) is 7.49. The van der Waals surface area contributed by atoms with Gasteiger partial charge in [0.1, 0.15) is 0 Å². The van der Waals surface area contributed by atoms with Crippen molar-refractivity contribution in [2.24, 2.45) is 40.9 Å². The molecule has 9 heteroatoms. The van der Waals surface area contributed by atoms with Gasteiger partial charge in [-0.05, 0) is 12.5 Å². The normalized spacial score (nSPS) is 12.2. The molecule has 0 spiro atoms. The number of hydrogen-bond donors (Lipinski definition) is 0. The Bertz CT molecular complexity index is 866. The molecule has 0 heterocycles. The number of nitrogens with zero attached hydrogens (tertiary/aromatic N) is 8. The standard InChI is InChI=1S/C17H21N8.Y/c1-11-6-14-7-12(2)17(25-23-10-21-19-5)13(3)15(14)8-16(11)24-22-9-20-18-4;/h6-7H,9-10H2,1-5H3;/q-1;. The summed E-state index contributed by atoms with van der Waals surface area (Å²) < 4.78 is 0. The van der Waals surface area contributed by atoms with Crippen molar-refractivity contribution in [3.63, 3.8) is 0 Å². The van der Waals surface area contributed by atoms with Crippen molar-refractivity contribution < 1.29 is 32.7 Å². The molecule has 0 atom stereocenters. The van der Waals surface area contributed by atoms with Crippen molar-refractivity contribution in [3.8, 4) is 0 Å². The van der Waals surface area contributed by atoms with Crippen LogP contribution in [0, 0.1) is 26.8 Å². The van der Waals surface area contributed by atoms with Gasteiger partial charge >= 0.3 is 0 Å². The van der Waals surface area contributed by atoms with E-state index in [4.69, 9.17) is 0 Å². The molecule has 0 aliphatic heterocycles. The molecule has 0 aromatic heterocycles. The van der Waals surface area contributed by atoms with Crippen LogP contribution in [-0.4, -0.2) is 27.4 Å². The molecule has 0 saturated heterocycles. The molecule has 2 rings (SSSR count). The monoisotopic (exact) mass is 426 g/mol. The van der Waals surface area contributed by atoms with Crippen LogP contribution in [0.5, 0.6) is 0 Å². The molecule has 0 N–H and O–H groups in total. The maximum absolute atomic E-state index is 4.30. The number of fused-ring (bicyclic) bond motifs is 1. The zero-order valence-electron chi connectivity index (χ0n) is 15.7. The Kier molecular flexibility index (Phi) is 9.44. The molecule has 0 amide bonds. The number of rotatable bonds is 6. The molecule has 133 valence electrons. The Hall–Kier alpha value is -1.80. The van der Waals surface area contributed by atoms with Crippen molar-refractivity contribution in [3.05, 3.63) is 34.9 Å². The second-order valence-corrected chi connectivity index (χ2v) is 5.38. The Morgan fingerprint density at radius 2 is 1.38 bits per heavy atom. The quantitative estimate of drug-likeness (QED) is 0.411. The first kappa shape index (κ1) is 22.2. The zero-order valence-corrected chi connectivity index (χ0v) is 18.6. The van der Waals surface area contributed by atoms with Gasteiger partial charge in [-0.2, -0.15) is 40.9 Å². The molecule has 0 aliphatic carbocycles. The van der Waals surface area contributed by atoms with Crippen LogP contribution >= 0.6 is 0 Å². The Balaban J connectivity index is 0.00000338. The van der Waals surface area contributed by atoms with E-state index >= 15 is 0 Å². The Morgan fingerprint density at radius 1 is 0.808 bits per heavy atom. The average molecular weight is 426 g/mol. The molecule has 2 aromatic rings. The van der Waals surface area contributed by atoms with Gasteiger partial charge in [0.25, 0.3) is 0 Å². The molecule has 2 aromatic carbocycles. The fraction of sp³-hybridized carbons (Fsp3) is 0.412. The van der Waals surface area contributed by atoms with E-state index in [0.717, 1.165) is 33.2 Å². The number of aryl methyl sites for hydroxylation is 3. The van der Waals surface area contributed by atoms with Crippen LogP contribution in [0.25, 0.3) is 10.8 Å². The van der Waals surface area contributed by atoms with E-state index < -0.39 is 0 Å². The van der Waals surface area contributed by atoms with E-state index in [2.05, 4.69) is 59.1 Å². The van der Waals surface area contributed by atoms with Gasteiger partial charge in [0, 0.05) is 58.2 Å². The molecular weight excluding hydrogens is 405 g/mol. The second-order valence-electron chi connectivity index (χ2n) is 5.38. The topological polar surface area (TPSA) is 98.9 Å². The Labute approximate surface area is 178 Å². The van der Waals surface area contributed by atoms with E-state index in [0.29, 0.717) is 5.69 Å². The molecule has 0 fully saturated rings. The van der Waals surface area contributed by atoms with Gasteiger partial charge in [0.2, 0.25) is 0 Å². The van der Waals surface area contributed by atoms with Crippen LogP contribution < -0.4 is 0 Å². The Morgan fingerprint density at radius 3 is 2.00 bits per heavy atom. The number of hydrogen-bond acceptors (Lipinski definition) is 8. The van der Waals surface area contributed by atoms with E-state index in [9.17, 15) is 0 Å². The van der Waals surface area contributed by atoms with Crippen LogP contribution in [0.1, 0.15) is 16.7 Å². The van der Waals surface area contributed by atoms with Gasteiger partial charge in [0.05, 0.1) is 0 Å². The summed E-state index contributed by atoms with van der Waals surface area (Å²) >= 11 is 0. The molecule has 0 aliphatic rings. The predicted octanol–water partition coefficient (Wildman–Crippen LogP) is 5.81. The van der Waals surface area contributed by atoms with Crippen LogP contribution in [0.3, 0.4) is 0 Å². The SMILES string of the molecule is CN=NCN=Nc1[c-]c2c(C)c(N=NCN=NC)c(C)cc2cc1C.[Y]. The van der Waals surface area contributed by atoms with Crippen molar-refractivity contribution in [1.82, 2.24) is 0 Å². The minimum absolute atomic E-state index is 0. The van der Waals surface area contributed by atoms with E-state index in [1.54, 1.807) is 14.1 Å². The van der Waals surface area contributed by atoms with Gasteiger partial charge in [-0.3, -0.25) is 0 Å². The third kappa shape index (κ3) is 5.60. The predicted molar refractivity (Wildman–Crippen MR) is 97.3 cm³/mol. The number of benzene rings is 2. The minimum Gasteiger partial charge on any atom is -0.196 e. The maximum Gasteiger partial charge on any atom is 0.171 e. The zero-order chi connectivity index (χ0) is 18.2. The van der Waals surface area contributed by atoms with Crippen molar-refractivity contribution >= 4 is 22.1 Å². The molecule has 0 bridgehead atoms. The van der Waals surface area contributed by atoms with Crippen LogP contribution in [0.4, 0.5) is 11.4 Å². The average Bonchev–Trinajstić information content (AvgIpc) is 2.58. The van der Waals surface area contributed by atoms with E-state index in [1.807, 2.05) is 20.8 Å². The third-order valence-electron chi connectivity index (χ3n) is 3.63. The molecule has 0 saturated carbocycles. The fourth-order valence-corrected chi connectivity index (χ4v) is 2.45. The second kappa shape index (κ2) is 11.0. The summed E-state index contributed by atoms with van der Waals surface area (Å²) in [6.45, 7) is 6.43. The van der Waals surface area contributed by atoms with Gasteiger partial charge in [-0.15, -0.1) is 28.5 Å². The number of azo groups is 4. The summed E-state index contributed by atoms with van der Waals surface area (Å²) in [5.41, 5.74) is 4.56. The molecule has 26 heavy (non-hydrogen) atoms. The molecule has 0 unspecified atom stereocenters. The first-order chi connectivity index (χ1) is 12.1. The summed E-state index contributed by atoms with van der Waals surface area (Å²) in [4.78, 5) is 0. The van der Waals surface area contributed by atoms with Crippen molar-refractivity contribution in [1.29, 1.82) is 0 Å². The van der Waals surface area contributed by atoms with Crippen LogP contribution in [-0.2, 0) is 32.7 Å². The summed E-state index contributed by atoms with van der Waals surface area (Å²) in [6.07, 6.45) is 0. The van der Waals surface area contributed by atoms with Crippen LogP contribution in [0.2, 0.25) is 0 Å². The summed E-state index contributed by atoms with van der Waals surface area (Å²) in [5, 5.41) is 33.5. The first-order valence-corrected chi connectivity index (χ1v) is 7.81. The van der Waals surface area contributed by atoms with Gasteiger partial charge in [-0.1, -0.05) is 25.5 Å². The third-order valence-corrected chi connectivity index (χ3v) is 3.63. The smallest absolute Gasteiger partial charge is 0.171 e. The maximum atomic E-state index is 4.30. The largest absolute Gasteiger partial charge is 0.196 e. The summed E-state index contributed by atoms with van der Waals surface area (Å²) in [5.74, 6) is 0. The van der Waals surface area contributed by atoms with Gasteiger partial charge in [-0.25, -0.2) is 0 Å².